The first-order valence-corrected chi connectivity index (χ1v) is 10.5. The normalized spacial score (nSPS) is 11.1. The number of amides is 2. The van der Waals surface area contributed by atoms with Crippen molar-refractivity contribution in [3.63, 3.8) is 0 Å². The zero-order valence-electron chi connectivity index (χ0n) is 18.0. The number of carboxylic acid groups (broad SMARTS) is 1. The molecule has 0 aromatic heterocycles. The van der Waals surface area contributed by atoms with E-state index in [9.17, 15) is 14.4 Å². The fourth-order valence-corrected chi connectivity index (χ4v) is 3.35. The number of carbonyl (C=O) groups excluding carboxylic acids is 2. The minimum atomic E-state index is -0.954. The number of carboxylic acids is 1. The summed E-state index contributed by atoms with van der Waals surface area (Å²) in [5.74, 6) is -2.32. The van der Waals surface area contributed by atoms with E-state index in [1.54, 1.807) is 24.3 Å². The Labute approximate surface area is 192 Å². The van der Waals surface area contributed by atoms with E-state index in [-0.39, 0.29) is 25.3 Å². The second kappa shape index (κ2) is 12.0. The summed E-state index contributed by atoms with van der Waals surface area (Å²) >= 11 is 0. The maximum atomic E-state index is 13.0. The molecule has 0 aliphatic carbocycles. The van der Waals surface area contributed by atoms with Crippen LogP contribution in [0.2, 0.25) is 0 Å². The van der Waals surface area contributed by atoms with Gasteiger partial charge >= 0.3 is 5.97 Å². The Morgan fingerprint density at radius 3 is 1.79 bits per heavy atom. The van der Waals surface area contributed by atoms with Crippen LogP contribution < -0.4 is 10.7 Å². The molecule has 0 heterocycles. The zero-order valence-corrected chi connectivity index (χ0v) is 18.0. The third-order valence-electron chi connectivity index (χ3n) is 4.95. The number of hydrazone groups is 1. The van der Waals surface area contributed by atoms with Crippen LogP contribution in [-0.4, -0.2) is 35.1 Å². The van der Waals surface area contributed by atoms with Crippen molar-refractivity contribution in [3.8, 4) is 0 Å². The van der Waals surface area contributed by atoms with Gasteiger partial charge in [-0.2, -0.15) is 5.10 Å². The van der Waals surface area contributed by atoms with Crippen LogP contribution in [0.25, 0.3) is 0 Å². The fourth-order valence-electron chi connectivity index (χ4n) is 3.35. The maximum Gasteiger partial charge on any atom is 0.303 e. The van der Waals surface area contributed by atoms with Crippen LogP contribution in [0.4, 0.5) is 0 Å². The van der Waals surface area contributed by atoms with Crippen molar-refractivity contribution in [2.45, 2.75) is 18.8 Å². The average molecular weight is 444 g/mol. The Bertz CT molecular complexity index is 1060. The number of hydrogen-bond donors (Lipinski definition) is 3. The van der Waals surface area contributed by atoms with Crippen LogP contribution in [0, 0.1) is 0 Å². The number of benzene rings is 3. The molecule has 0 aliphatic rings. The van der Waals surface area contributed by atoms with Gasteiger partial charge in [0, 0.05) is 6.42 Å². The Hall–Kier alpha value is -4.26. The lowest BCUT2D eigenvalue weighted by molar-refractivity contribution is -0.136. The second-order valence-electron chi connectivity index (χ2n) is 7.33. The van der Waals surface area contributed by atoms with Gasteiger partial charge in [0.05, 0.1) is 24.6 Å². The molecular weight excluding hydrogens is 418 g/mol. The first-order valence-electron chi connectivity index (χ1n) is 10.5. The Kier molecular flexibility index (Phi) is 8.48. The maximum absolute atomic E-state index is 13.0. The van der Waals surface area contributed by atoms with Crippen molar-refractivity contribution in [1.29, 1.82) is 0 Å². The molecule has 0 unspecified atom stereocenters. The Balaban J connectivity index is 1.66. The van der Waals surface area contributed by atoms with Crippen LogP contribution in [0.1, 0.15) is 35.4 Å². The van der Waals surface area contributed by atoms with Crippen molar-refractivity contribution >= 4 is 23.5 Å². The standard InChI is InChI=1S/C26H25N3O4/c30-23(29-28-22(16-17-24(31)32)19-10-4-1-5-11-19)18-27-26(33)25(20-12-6-2-7-13-20)21-14-8-3-9-15-21/h1-15,25H,16-18H2,(H,27,33)(H,29,30)(H,31,32). The number of aliphatic carboxylic acids is 1. The summed E-state index contributed by atoms with van der Waals surface area (Å²) in [6.07, 6.45) is 0.0479. The SMILES string of the molecule is O=C(O)CCC(=NNC(=O)CNC(=O)C(c1ccccc1)c1ccccc1)c1ccccc1. The minimum Gasteiger partial charge on any atom is -0.481 e. The topological polar surface area (TPSA) is 108 Å². The Morgan fingerprint density at radius 2 is 1.27 bits per heavy atom. The summed E-state index contributed by atoms with van der Waals surface area (Å²) in [5.41, 5.74) is 5.23. The predicted molar refractivity (Wildman–Crippen MR) is 126 cm³/mol. The smallest absolute Gasteiger partial charge is 0.303 e. The van der Waals surface area contributed by atoms with E-state index < -0.39 is 17.8 Å². The van der Waals surface area contributed by atoms with Crippen molar-refractivity contribution in [2.24, 2.45) is 5.10 Å². The summed E-state index contributed by atoms with van der Waals surface area (Å²) in [4.78, 5) is 36.3. The molecule has 7 nitrogen and oxygen atoms in total. The molecule has 0 fully saturated rings. The van der Waals surface area contributed by atoms with Gasteiger partial charge in [-0.05, 0) is 16.7 Å². The molecule has 0 spiro atoms. The van der Waals surface area contributed by atoms with Crippen LogP contribution >= 0.6 is 0 Å². The first kappa shape index (κ1) is 23.4. The lowest BCUT2D eigenvalue weighted by Crippen LogP contribution is -2.38. The molecule has 33 heavy (non-hydrogen) atoms. The number of nitrogens with one attached hydrogen (secondary N) is 2. The van der Waals surface area contributed by atoms with Gasteiger partial charge in [-0.15, -0.1) is 0 Å². The minimum absolute atomic E-state index is 0.115. The Morgan fingerprint density at radius 1 is 0.758 bits per heavy atom. The fraction of sp³-hybridized carbons (Fsp3) is 0.154. The monoisotopic (exact) mass is 443 g/mol. The van der Waals surface area contributed by atoms with Crippen molar-refractivity contribution in [3.05, 3.63) is 108 Å². The molecule has 0 saturated heterocycles. The highest BCUT2D eigenvalue weighted by molar-refractivity contribution is 6.02. The molecule has 3 aromatic carbocycles. The van der Waals surface area contributed by atoms with E-state index in [0.717, 1.165) is 16.7 Å². The molecule has 0 saturated carbocycles. The zero-order chi connectivity index (χ0) is 23.5. The van der Waals surface area contributed by atoms with Crippen molar-refractivity contribution in [2.75, 3.05) is 6.54 Å². The highest BCUT2D eigenvalue weighted by Crippen LogP contribution is 2.24. The summed E-state index contributed by atoms with van der Waals surface area (Å²) < 4.78 is 0. The number of hydrogen-bond acceptors (Lipinski definition) is 4. The van der Waals surface area contributed by atoms with E-state index in [1.165, 1.54) is 0 Å². The van der Waals surface area contributed by atoms with Crippen LogP contribution in [0.3, 0.4) is 0 Å². The molecule has 7 heteroatoms. The van der Waals surface area contributed by atoms with E-state index in [4.69, 9.17) is 5.11 Å². The van der Waals surface area contributed by atoms with E-state index in [1.807, 2.05) is 66.7 Å². The average Bonchev–Trinajstić information content (AvgIpc) is 2.84. The summed E-state index contributed by atoms with van der Waals surface area (Å²) in [5, 5.41) is 15.8. The second-order valence-corrected chi connectivity index (χ2v) is 7.33. The van der Waals surface area contributed by atoms with Gasteiger partial charge in [0.1, 0.15) is 0 Å². The first-order chi connectivity index (χ1) is 16.0. The molecule has 3 aromatic rings. The molecule has 0 aliphatic heterocycles. The lowest BCUT2D eigenvalue weighted by atomic mass is 9.90. The molecule has 0 bridgehead atoms. The highest BCUT2D eigenvalue weighted by atomic mass is 16.4. The summed E-state index contributed by atoms with van der Waals surface area (Å²) in [6, 6.07) is 27.7. The van der Waals surface area contributed by atoms with Gasteiger partial charge < -0.3 is 10.4 Å². The number of carbonyl (C=O) groups is 3. The molecule has 0 radical (unpaired) electrons. The van der Waals surface area contributed by atoms with E-state index in [2.05, 4.69) is 15.8 Å². The van der Waals surface area contributed by atoms with Crippen molar-refractivity contribution in [1.82, 2.24) is 10.7 Å². The third-order valence-corrected chi connectivity index (χ3v) is 4.95. The van der Waals surface area contributed by atoms with Gasteiger partial charge in [-0.1, -0.05) is 91.0 Å². The van der Waals surface area contributed by atoms with Crippen LogP contribution in [0.5, 0.6) is 0 Å². The predicted octanol–water partition coefficient (Wildman–Crippen LogP) is 3.32. The molecular formula is C26H25N3O4. The molecule has 0 atom stereocenters. The lowest BCUT2D eigenvalue weighted by Gasteiger charge is -2.17. The molecule has 2 amide bonds. The van der Waals surface area contributed by atoms with Gasteiger partial charge in [-0.25, -0.2) is 5.43 Å². The van der Waals surface area contributed by atoms with Gasteiger partial charge in [0.2, 0.25) is 5.91 Å². The number of nitrogens with zero attached hydrogens (tertiary/aromatic N) is 1. The van der Waals surface area contributed by atoms with Gasteiger partial charge in [-0.3, -0.25) is 14.4 Å². The van der Waals surface area contributed by atoms with Crippen LogP contribution in [0.15, 0.2) is 96.1 Å². The van der Waals surface area contributed by atoms with E-state index >= 15 is 0 Å². The summed E-state index contributed by atoms with van der Waals surface area (Å²) in [6.45, 7) is -0.264. The molecule has 3 rings (SSSR count). The van der Waals surface area contributed by atoms with Gasteiger partial charge in [0.15, 0.2) is 0 Å². The van der Waals surface area contributed by atoms with Crippen LogP contribution in [-0.2, 0) is 14.4 Å². The largest absolute Gasteiger partial charge is 0.481 e. The summed E-state index contributed by atoms with van der Waals surface area (Å²) in [7, 11) is 0. The molecule has 3 N–H and O–H groups in total. The highest BCUT2D eigenvalue weighted by Gasteiger charge is 2.22. The van der Waals surface area contributed by atoms with Crippen molar-refractivity contribution < 1.29 is 19.5 Å². The quantitative estimate of drug-likeness (QED) is 0.330. The molecule has 168 valence electrons. The van der Waals surface area contributed by atoms with E-state index in [0.29, 0.717) is 5.71 Å². The van der Waals surface area contributed by atoms with Gasteiger partial charge in [0.25, 0.3) is 5.91 Å². The third kappa shape index (κ3) is 7.14. The number of rotatable bonds is 10.